The molecule has 11 heteroatoms. The smallest absolute Gasteiger partial charge is 0.413 e. The summed E-state index contributed by atoms with van der Waals surface area (Å²) >= 11 is 0. The summed E-state index contributed by atoms with van der Waals surface area (Å²) < 4.78 is 37.0. The summed E-state index contributed by atoms with van der Waals surface area (Å²) in [5, 5.41) is 5.41. The van der Waals surface area contributed by atoms with Gasteiger partial charge in [0.05, 0.1) is 25.9 Å². The minimum absolute atomic E-state index is 0.0268. The third kappa shape index (κ3) is 8.79. The van der Waals surface area contributed by atoms with Crippen molar-refractivity contribution in [2.45, 2.75) is 39.2 Å². The van der Waals surface area contributed by atoms with Crippen molar-refractivity contribution in [3.63, 3.8) is 0 Å². The average molecular weight is 546 g/mol. The molecule has 1 saturated heterocycles. The second-order valence-electron chi connectivity index (χ2n) is 8.89. The van der Waals surface area contributed by atoms with Gasteiger partial charge in [-0.2, -0.15) is 0 Å². The third-order valence-electron chi connectivity index (χ3n) is 5.97. The Hall–Kier alpha value is -3.01. The molecule has 1 aliphatic heterocycles. The molecule has 2 N–H and O–H groups in total. The number of amides is 2. The zero-order chi connectivity index (χ0) is 27.4. The lowest BCUT2D eigenvalue weighted by Crippen LogP contribution is -2.44. The average Bonchev–Trinajstić information content (AvgIpc) is 3.29. The summed E-state index contributed by atoms with van der Waals surface area (Å²) in [6, 6.07) is 16.3. The second-order valence-corrected chi connectivity index (χ2v) is 10.6. The Balaban J connectivity index is 1.59. The molecule has 0 aromatic heterocycles. The Labute approximate surface area is 223 Å². The quantitative estimate of drug-likeness (QED) is 0.155. The van der Waals surface area contributed by atoms with Crippen molar-refractivity contribution in [1.82, 2.24) is 15.3 Å². The molecular weight excluding hydrogens is 509 g/mol. The van der Waals surface area contributed by atoms with Crippen molar-refractivity contribution in [1.29, 1.82) is 0 Å². The highest BCUT2D eigenvalue weighted by molar-refractivity contribution is 7.52. The van der Waals surface area contributed by atoms with Gasteiger partial charge in [-0.05, 0) is 42.7 Å². The van der Waals surface area contributed by atoms with Crippen LogP contribution in [0.4, 0.5) is 4.79 Å². The molecule has 3 rings (SSSR count). The zero-order valence-corrected chi connectivity index (χ0v) is 22.8. The van der Waals surface area contributed by atoms with Gasteiger partial charge in [-0.25, -0.2) is 14.4 Å². The fourth-order valence-electron chi connectivity index (χ4n) is 4.00. The Morgan fingerprint density at radius 2 is 1.92 bits per heavy atom. The minimum atomic E-state index is -3.78. The van der Waals surface area contributed by atoms with E-state index in [2.05, 4.69) is 10.4 Å². The van der Waals surface area contributed by atoms with Gasteiger partial charge in [0.2, 0.25) is 0 Å². The number of aldehydes is 1. The van der Waals surface area contributed by atoms with Gasteiger partial charge >= 0.3 is 13.8 Å². The Morgan fingerprint density at radius 1 is 1.18 bits per heavy atom. The van der Waals surface area contributed by atoms with Gasteiger partial charge in [0.25, 0.3) is 0 Å². The highest BCUT2D eigenvalue weighted by Crippen LogP contribution is 2.45. The largest absolute Gasteiger partial charge is 0.458 e. The fourth-order valence-corrected chi connectivity index (χ4v) is 5.34. The molecule has 0 bridgehead atoms. The first-order chi connectivity index (χ1) is 18.3. The van der Waals surface area contributed by atoms with Crippen LogP contribution in [0.5, 0.6) is 5.75 Å². The lowest BCUT2D eigenvalue weighted by Gasteiger charge is -2.27. The van der Waals surface area contributed by atoms with Crippen molar-refractivity contribution in [3.8, 4) is 5.75 Å². The number of urea groups is 1. The van der Waals surface area contributed by atoms with E-state index in [0.29, 0.717) is 31.7 Å². The fraction of sp³-hybridized carbons (Fsp3) is 0.407. The van der Waals surface area contributed by atoms with Crippen molar-refractivity contribution in [2.75, 3.05) is 26.8 Å². The molecule has 1 fully saturated rings. The van der Waals surface area contributed by atoms with Crippen molar-refractivity contribution in [3.05, 3.63) is 78.0 Å². The molecular formula is C27H36N3O7P. The van der Waals surface area contributed by atoms with E-state index in [9.17, 15) is 14.2 Å². The number of carbonyl (C=O) groups is 2. The van der Waals surface area contributed by atoms with Crippen LogP contribution in [-0.4, -0.2) is 56.4 Å². The molecule has 2 aromatic carbocycles. The van der Waals surface area contributed by atoms with Crippen LogP contribution in [0.3, 0.4) is 0 Å². The van der Waals surface area contributed by atoms with Crippen molar-refractivity contribution < 1.29 is 32.7 Å². The molecule has 1 unspecified atom stereocenters. The second kappa shape index (κ2) is 14.8. The molecule has 0 saturated carbocycles. The van der Waals surface area contributed by atoms with E-state index in [0.717, 1.165) is 11.1 Å². The van der Waals surface area contributed by atoms with Crippen molar-refractivity contribution in [2.24, 2.45) is 5.92 Å². The third-order valence-corrected chi connectivity index (χ3v) is 7.52. The molecule has 10 nitrogen and oxygen atoms in total. The molecule has 206 valence electrons. The number of hydrogen-bond donors (Lipinski definition) is 2. The van der Waals surface area contributed by atoms with E-state index in [4.69, 9.17) is 18.5 Å². The number of aryl methyl sites for hydroxylation is 1. The summed E-state index contributed by atoms with van der Waals surface area (Å²) in [7, 11) is -2.29. The van der Waals surface area contributed by atoms with Gasteiger partial charge in [-0.1, -0.05) is 49.4 Å². The van der Waals surface area contributed by atoms with E-state index in [1.165, 1.54) is 24.2 Å². The summed E-state index contributed by atoms with van der Waals surface area (Å²) in [6.07, 6.45) is 2.68. The van der Waals surface area contributed by atoms with E-state index in [1.807, 2.05) is 44.2 Å². The first-order valence-electron chi connectivity index (χ1n) is 12.5. The van der Waals surface area contributed by atoms with Gasteiger partial charge in [-0.15, -0.1) is 0 Å². The predicted molar refractivity (Wildman–Crippen MR) is 143 cm³/mol. The number of ether oxygens (including phenoxy) is 2. The van der Waals surface area contributed by atoms with Gasteiger partial charge in [-0.3, -0.25) is 14.2 Å². The van der Waals surface area contributed by atoms with Crippen LogP contribution in [0.2, 0.25) is 0 Å². The van der Waals surface area contributed by atoms with Gasteiger partial charge in [0, 0.05) is 25.7 Å². The molecule has 2 aromatic rings. The highest BCUT2D eigenvalue weighted by atomic mass is 31.2. The Morgan fingerprint density at radius 3 is 2.63 bits per heavy atom. The normalized spacial score (nSPS) is 20.7. The van der Waals surface area contributed by atoms with Crippen LogP contribution in [0.25, 0.3) is 0 Å². The number of benzene rings is 2. The summed E-state index contributed by atoms with van der Waals surface area (Å²) in [5.74, 6) is 0.335. The number of rotatable bonds is 14. The summed E-state index contributed by atoms with van der Waals surface area (Å²) in [6.45, 7) is 4.90. The maximum absolute atomic E-state index is 13.6. The molecule has 0 aliphatic carbocycles. The van der Waals surface area contributed by atoms with Crippen LogP contribution in [0.1, 0.15) is 24.5 Å². The van der Waals surface area contributed by atoms with E-state index < -0.39 is 26.1 Å². The molecule has 1 aliphatic rings. The predicted octanol–water partition coefficient (Wildman–Crippen LogP) is 4.41. The first kappa shape index (κ1) is 29.5. The monoisotopic (exact) mass is 545 g/mol. The SMILES string of the molecule is CNC(=O)N(/C=C\C=O)[C@@H]1O[C@H](COP(=O)(NCCOCc2ccccc2C)Oc2ccccc2)C[C@@H]1C. The van der Waals surface area contributed by atoms with Gasteiger partial charge in [0.1, 0.15) is 18.3 Å². The molecule has 1 heterocycles. The number of carbonyl (C=O) groups excluding carboxylic acids is 2. The number of para-hydroxylation sites is 1. The Kier molecular flexibility index (Phi) is 11.5. The zero-order valence-electron chi connectivity index (χ0n) is 21.9. The molecule has 38 heavy (non-hydrogen) atoms. The highest BCUT2D eigenvalue weighted by Gasteiger charge is 2.39. The maximum atomic E-state index is 13.6. The van der Waals surface area contributed by atoms with Crippen LogP contribution in [-0.2, 0) is 30.0 Å². The Bertz CT molecular complexity index is 1110. The van der Waals surface area contributed by atoms with Crippen LogP contribution >= 0.6 is 7.75 Å². The first-order valence-corrected chi connectivity index (χ1v) is 14.0. The molecule has 2 amide bonds. The lowest BCUT2D eigenvalue weighted by molar-refractivity contribution is -0.104. The van der Waals surface area contributed by atoms with Crippen molar-refractivity contribution >= 4 is 20.1 Å². The summed E-state index contributed by atoms with van der Waals surface area (Å²) in [4.78, 5) is 24.4. The molecule has 4 atom stereocenters. The molecule has 0 spiro atoms. The van der Waals surface area contributed by atoms with E-state index in [1.54, 1.807) is 24.3 Å². The standard InChI is InChI=1S/C27H36N3O7P/c1-21-10-7-8-11-23(21)19-34-17-14-29-38(33,37-24-12-5-4-6-13-24)35-20-25-18-22(2)26(36-25)30(15-9-16-31)27(32)28-3/h4-13,15-16,22,25-26H,14,17-20H2,1-3H3,(H,28,32)(H,29,33)/b15-9-/t22-,25-,26+,38?/m0/s1. The van der Waals surface area contributed by atoms with Gasteiger partial charge < -0.3 is 19.3 Å². The number of nitrogens with one attached hydrogen (secondary N) is 2. The molecule has 0 radical (unpaired) electrons. The maximum Gasteiger partial charge on any atom is 0.458 e. The lowest BCUT2D eigenvalue weighted by atomic mass is 10.1. The van der Waals surface area contributed by atoms with Gasteiger partial charge in [0.15, 0.2) is 0 Å². The number of allylic oxidation sites excluding steroid dienone is 1. The summed E-state index contributed by atoms with van der Waals surface area (Å²) in [5.41, 5.74) is 2.23. The topological polar surface area (TPSA) is 115 Å². The van der Waals surface area contributed by atoms with E-state index >= 15 is 0 Å². The number of hydrogen-bond acceptors (Lipinski definition) is 7. The van der Waals surface area contributed by atoms with Crippen LogP contribution in [0.15, 0.2) is 66.9 Å². The minimum Gasteiger partial charge on any atom is -0.413 e. The van der Waals surface area contributed by atoms with Crippen LogP contribution < -0.4 is 14.9 Å². The number of nitrogens with zero attached hydrogens (tertiary/aromatic N) is 1. The van der Waals surface area contributed by atoms with E-state index in [-0.39, 0.29) is 19.1 Å². The van der Waals surface area contributed by atoms with Crippen LogP contribution in [0, 0.1) is 12.8 Å².